The van der Waals surface area contributed by atoms with E-state index in [0.717, 1.165) is 22.3 Å². The van der Waals surface area contributed by atoms with Crippen LogP contribution in [0.2, 0.25) is 0 Å². The Morgan fingerprint density at radius 2 is 1.46 bits per heavy atom. The van der Waals surface area contributed by atoms with Crippen LogP contribution in [0.5, 0.6) is 0 Å². The fraction of sp³-hybridized carbons (Fsp3) is 0.211. The lowest BCUT2D eigenvalue weighted by atomic mass is 10.2. The molecule has 0 saturated carbocycles. The number of carbonyl (C=O) groups excluding carboxylic acids is 1. The highest BCUT2D eigenvalue weighted by atomic mass is 32.2. The van der Waals surface area contributed by atoms with E-state index < -0.39 is 0 Å². The molecule has 0 radical (unpaired) electrons. The summed E-state index contributed by atoms with van der Waals surface area (Å²) >= 11 is 4.83. The molecule has 4 nitrogen and oxygen atoms in total. The maximum absolute atomic E-state index is 12.0. The van der Waals surface area contributed by atoms with Crippen LogP contribution in [0.4, 0.5) is 5.13 Å². The Bertz CT molecular complexity index is 809. The minimum Gasteiger partial charge on any atom is -0.300 e. The van der Waals surface area contributed by atoms with E-state index in [1.165, 1.54) is 22.5 Å². The first-order valence-corrected chi connectivity index (χ1v) is 11.3. The molecule has 2 aromatic carbocycles. The Labute approximate surface area is 165 Å². The first-order valence-electron chi connectivity index (χ1n) is 8.15. The summed E-state index contributed by atoms with van der Waals surface area (Å²) in [5.41, 5.74) is 2.52. The lowest BCUT2D eigenvalue weighted by molar-refractivity contribution is -0.113. The van der Waals surface area contributed by atoms with Crippen molar-refractivity contribution < 1.29 is 4.79 Å². The maximum Gasteiger partial charge on any atom is 0.236 e. The van der Waals surface area contributed by atoms with Gasteiger partial charge in [0.2, 0.25) is 11.0 Å². The lowest BCUT2D eigenvalue weighted by Crippen LogP contribution is -2.13. The third kappa shape index (κ3) is 6.48. The number of nitrogens with zero attached hydrogens (tertiary/aromatic N) is 2. The van der Waals surface area contributed by atoms with Gasteiger partial charge in [0, 0.05) is 17.3 Å². The van der Waals surface area contributed by atoms with Crippen molar-refractivity contribution in [2.45, 2.75) is 17.3 Å². The van der Waals surface area contributed by atoms with Crippen LogP contribution in [-0.2, 0) is 22.1 Å². The van der Waals surface area contributed by atoms with E-state index in [4.69, 9.17) is 0 Å². The number of thioether (sulfide) groups is 2. The van der Waals surface area contributed by atoms with Gasteiger partial charge >= 0.3 is 0 Å². The van der Waals surface area contributed by atoms with E-state index >= 15 is 0 Å². The number of rotatable bonds is 9. The molecule has 0 bridgehead atoms. The van der Waals surface area contributed by atoms with Gasteiger partial charge in [-0.1, -0.05) is 72.0 Å². The summed E-state index contributed by atoms with van der Waals surface area (Å²) in [4.78, 5) is 12.0. The van der Waals surface area contributed by atoms with Crippen LogP contribution in [-0.4, -0.2) is 21.9 Å². The molecular weight excluding hydrogens is 382 g/mol. The highest BCUT2D eigenvalue weighted by Crippen LogP contribution is 2.23. The van der Waals surface area contributed by atoms with Crippen LogP contribution in [0.3, 0.4) is 0 Å². The molecule has 1 N–H and O–H groups in total. The van der Waals surface area contributed by atoms with Crippen LogP contribution in [0.25, 0.3) is 0 Å². The molecule has 0 spiro atoms. The zero-order valence-corrected chi connectivity index (χ0v) is 16.6. The quantitative estimate of drug-likeness (QED) is 0.556. The van der Waals surface area contributed by atoms with Gasteiger partial charge in [-0.25, -0.2) is 0 Å². The molecule has 7 heteroatoms. The molecule has 0 aliphatic carbocycles. The van der Waals surface area contributed by atoms with Crippen LogP contribution in [0.1, 0.15) is 16.1 Å². The number of hydrogen-bond acceptors (Lipinski definition) is 6. The maximum atomic E-state index is 12.0. The molecule has 0 unspecified atom stereocenters. The van der Waals surface area contributed by atoms with Gasteiger partial charge < -0.3 is 0 Å². The van der Waals surface area contributed by atoms with Gasteiger partial charge in [0.15, 0.2) is 0 Å². The van der Waals surface area contributed by atoms with Gasteiger partial charge in [-0.05, 0) is 11.1 Å². The Morgan fingerprint density at radius 3 is 2.12 bits per heavy atom. The summed E-state index contributed by atoms with van der Waals surface area (Å²) in [6.07, 6.45) is 0. The van der Waals surface area contributed by atoms with E-state index in [2.05, 4.69) is 39.8 Å². The van der Waals surface area contributed by atoms with Gasteiger partial charge in [-0.3, -0.25) is 10.1 Å². The molecule has 3 rings (SSSR count). The summed E-state index contributed by atoms with van der Waals surface area (Å²) < 4.78 is 0. The van der Waals surface area contributed by atoms with Crippen molar-refractivity contribution in [3.8, 4) is 0 Å². The van der Waals surface area contributed by atoms with Crippen molar-refractivity contribution in [2.75, 3.05) is 11.1 Å². The second kappa shape index (κ2) is 10.4. The number of hydrogen-bond donors (Lipinski definition) is 1. The largest absolute Gasteiger partial charge is 0.300 e. The van der Waals surface area contributed by atoms with E-state index in [1.54, 1.807) is 23.5 Å². The van der Waals surface area contributed by atoms with E-state index in [9.17, 15) is 4.79 Å². The predicted octanol–water partition coefficient (Wildman–Crippen LogP) is 4.84. The molecule has 0 saturated heterocycles. The Kier molecular flexibility index (Phi) is 7.54. The average molecular weight is 402 g/mol. The molecule has 1 heterocycles. The zero-order valence-electron chi connectivity index (χ0n) is 14.1. The van der Waals surface area contributed by atoms with Crippen molar-refractivity contribution in [2.24, 2.45) is 0 Å². The van der Waals surface area contributed by atoms with E-state index in [0.29, 0.717) is 10.9 Å². The first-order chi connectivity index (χ1) is 12.8. The van der Waals surface area contributed by atoms with Crippen LogP contribution in [0.15, 0.2) is 60.7 Å². The average Bonchev–Trinajstić information content (AvgIpc) is 3.10. The number of carbonyl (C=O) groups is 1. The van der Waals surface area contributed by atoms with Crippen LogP contribution >= 0.6 is 34.9 Å². The van der Waals surface area contributed by atoms with Gasteiger partial charge in [-0.15, -0.1) is 33.7 Å². The normalized spacial score (nSPS) is 10.6. The summed E-state index contributed by atoms with van der Waals surface area (Å²) in [5.74, 6) is 2.94. The Hall–Kier alpha value is -1.83. The molecule has 3 aromatic rings. The molecule has 0 fully saturated rings. The minimum absolute atomic E-state index is 0.0365. The summed E-state index contributed by atoms with van der Waals surface area (Å²) in [7, 11) is 0. The van der Waals surface area contributed by atoms with Crippen molar-refractivity contribution in [3.63, 3.8) is 0 Å². The highest BCUT2D eigenvalue weighted by molar-refractivity contribution is 7.99. The first kappa shape index (κ1) is 18.9. The number of nitrogens with one attached hydrogen (secondary N) is 1. The Morgan fingerprint density at radius 1 is 0.846 bits per heavy atom. The van der Waals surface area contributed by atoms with E-state index in [1.807, 2.05) is 36.4 Å². The summed E-state index contributed by atoms with van der Waals surface area (Å²) in [6, 6.07) is 20.5. The standard InChI is InChI=1S/C19H19N3OS3/c23-17(13-24-11-15-7-3-1-4-8-15)20-19-22-21-18(26-19)14-25-12-16-9-5-2-6-10-16/h1-10H,11-14H2,(H,20,22,23). The minimum atomic E-state index is -0.0365. The van der Waals surface area contributed by atoms with Crippen LogP contribution in [0, 0.1) is 0 Å². The number of amides is 1. The van der Waals surface area contributed by atoms with Crippen molar-refractivity contribution in [1.29, 1.82) is 0 Å². The number of benzene rings is 2. The van der Waals surface area contributed by atoms with Gasteiger partial charge in [0.25, 0.3) is 0 Å². The SMILES string of the molecule is O=C(CSCc1ccccc1)Nc1nnc(CSCc2ccccc2)s1. The van der Waals surface area contributed by atoms with Gasteiger partial charge in [-0.2, -0.15) is 0 Å². The third-order valence-electron chi connectivity index (χ3n) is 3.39. The molecular formula is C19H19N3OS3. The van der Waals surface area contributed by atoms with Gasteiger partial charge in [0.1, 0.15) is 5.01 Å². The Balaban J connectivity index is 1.36. The molecule has 0 aliphatic heterocycles. The summed E-state index contributed by atoms with van der Waals surface area (Å²) in [5, 5.41) is 12.6. The van der Waals surface area contributed by atoms with E-state index in [-0.39, 0.29) is 5.91 Å². The molecule has 1 aromatic heterocycles. The molecule has 0 atom stereocenters. The second-order valence-corrected chi connectivity index (χ2v) is 8.54. The molecule has 0 aliphatic rings. The second-order valence-electron chi connectivity index (χ2n) is 5.51. The fourth-order valence-corrected chi connectivity index (χ4v) is 4.77. The topological polar surface area (TPSA) is 54.9 Å². The molecule has 1 amide bonds. The number of anilines is 1. The smallest absolute Gasteiger partial charge is 0.236 e. The van der Waals surface area contributed by atoms with Crippen molar-refractivity contribution >= 4 is 45.9 Å². The summed E-state index contributed by atoms with van der Waals surface area (Å²) in [6.45, 7) is 0. The van der Waals surface area contributed by atoms with Crippen molar-refractivity contribution in [1.82, 2.24) is 10.2 Å². The predicted molar refractivity (Wildman–Crippen MR) is 113 cm³/mol. The molecule has 134 valence electrons. The monoisotopic (exact) mass is 401 g/mol. The van der Waals surface area contributed by atoms with Crippen molar-refractivity contribution in [3.05, 3.63) is 76.8 Å². The van der Waals surface area contributed by atoms with Crippen LogP contribution < -0.4 is 5.32 Å². The lowest BCUT2D eigenvalue weighted by Gasteiger charge is -2.02. The number of aromatic nitrogens is 2. The van der Waals surface area contributed by atoms with Gasteiger partial charge in [0.05, 0.1) is 5.75 Å². The third-order valence-corrected chi connectivity index (χ3v) is 6.44. The molecule has 26 heavy (non-hydrogen) atoms. The zero-order chi connectivity index (χ0) is 18.0. The fourth-order valence-electron chi connectivity index (χ4n) is 2.18. The highest BCUT2D eigenvalue weighted by Gasteiger charge is 2.08.